The van der Waals surface area contributed by atoms with Gasteiger partial charge in [-0.15, -0.1) is 0 Å². The van der Waals surface area contributed by atoms with Crippen LogP contribution in [0.15, 0.2) is 109 Å². The van der Waals surface area contributed by atoms with E-state index in [-0.39, 0.29) is 0 Å². The Balaban J connectivity index is 1.53. The van der Waals surface area contributed by atoms with E-state index in [0.717, 1.165) is 53.6 Å². The van der Waals surface area contributed by atoms with Gasteiger partial charge in [0.05, 0.1) is 19.8 Å². The highest BCUT2D eigenvalue weighted by atomic mass is 16.5. The van der Waals surface area contributed by atoms with E-state index in [9.17, 15) is 0 Å². The Morgan fingerprint density at radius 3 is 1.76 bits per heavy atom. The smallest absolute Gasteiger partial charge is 0.245 e. The molecule has 254 valence electrons. The van der Waals surface area contributed by atoms with Crippen LogP contribution in [0, 0.1) is 17.8 Å². The summed E-state index contributed by atoms with van der Waals surface area (Å²) in [5.74, 6) is 3.65. The second-order valence-electron chi connectivity index (χ2n) is 14.7. The van der Waals surface area contributed by atoms with Gasteiger partial charge in [0.25, 0.3) is 0 Å². The maximum Gasteiger partial charge on any atom is 0.245 e. The van der Waals surface area contributed by atoms with Crippen LogP contribution in [0.4, 0.5) is 0 Å². The van der Waals surface area contributed by atoms with Crippen LogP contribution >= 0.6 is 0 Å². The van der Waals surface area contributed by atoms with Gasteiger partial charge < -0.3 is 9.47 Å². The number of hydrogen-bond acceptors (Lipinski definition) is 2. The van der Waals surface area contributed by atoms with Crippen LogP contribution in [0.5, 0.6) is 11.5 Å². The zero-order chi connectivity index (χ0) is 34.3. The van der Waals surface area contributed by atoms with Crippen molar-refractivity contribution in [1.29, 1.82) is 0 Å². The summed E-state index contributed by atoms with van der Waals surface area (Å²) in [5, 5.41) is 2.22. The lowest BCUT2D eigenvalue weighted by molar-refractivity contribution is -0.663. The van der Waals surface area contributed by atoms with Crippen molar-refractivity contribution in [2.24, 2.45) is 17.8 Å². The molecule has 1 heterocycles. The van der Waals surface area contributed by atoms with Gasteiger partial charge in [-0.05, 0) is 77.5 Å². The summed E-state index contributed by atoms with van der Waals surface area (Å²) in [6.45, 7) is 16.6. The molecule has 0 unspecified atom stereocenters. The van der Waals surface area contributed by atoms with Gasteiger partial charge in [0.2, 0.25) is 6.33 Å². The summed E-state index contributed by atoms with van der Waals surface area (Å²) in [6.07, 6.45) is 5.45. The number of aryl methyl sites for hydroxylation is 1. The van der Waals surface area contributed by atoms with Crippen LogP contribution in [-0.4, -0.2) is 17.8 Å². The molecule has 6 aromatic rings. The van der Waals surface area contributed by atoms with E-state index >= 15 is 0 Å². The maximum atomic E-state index is 6.72. The van der Waals surface area contributed by atoms with E-state index < -0.39 is 0 Å². The molecule has 0 spiro atoms. The average molecular weight is 654 g/mol. The number of rotatable bonds is 15. The third kappa shape index (κ3) is 8.19. The molecular weight excluding hydrogens is 601 g/mol. The first-order chi connectivity index (χ1) is 23.8. The molecule has 0 bridgehead atoms. The van der Waals surface area contributed by atoms with Crippen molar-refractivity contribution in [1.82, 2.24) is 4.57 Å². The first-order valence-electron chi connectivity index (χ1n) is 18.3. The largest absolute Gasteiger partial charge is 0.493 e. The Morgan fingerprint density at radius 1 is 0.592 bits per heavy atom. The Labute approximate surface area is 293 Å². The molecule has 6 rings (SSSR count). The SMILES string of the molecule is CC(C)CCOc1cc(C[n+]2cn(CCC(C)C)c3cc(-c4ccccc4)c(-c4ccccc4)cc32)c(OCCC(C)C)c2ccccc12. The Bertz CT molecular complexity index is 1970. The highest BCUT2D eigenvalue weighted by Crippen LogP contribution is 2.39. The van der Waals surface area contributed by atoms with E-state index in [1.54, 1.807) is 0 Å². The minimum atomic E-state index is 0.567. The van der Waals surface area contributed by atoms with Crippen molar-refractivity contribution >= 4 is 21.8 Å². The minimum Gasteiger partial charge on any atom is -0.493 e. The molecule has 0 saturated heterocycles. The Morgan fingerprint density at radius 2 is 1.14 bits per heavy atom. The summed E-state index contributed by atoms with van der Waals surface area (Å²) in [5.41, 5.74) is 8.53. The van der Waals surface area contributed by atoms with Crippen molar-refractivity contribution in [3.05, 3.63) is 115 Å². The van der Waals surface area contributed by atoms with Crippen LogP contribution in [-0.2, 0) is 13.1 Å². The molecule has 0 atom stereocenters. The third-order valence-corrected chi connectivity index (χ3v) is 9.40. The van der Waals surface area contributed by atoms with E-state index in [0.29, 0.717) is 37.5 Å². The fourth-order valence-corrected chi connectivity index (χ4v) is 6.51. The molecule has 0 radical (unpaired) electrons. The number of aromatic nitrogens is 2. The molecule has 4 nitrogen and oxygen atoms in total. The predicted octanol–water partition coefficient (Wildman–Crippen LogP) is 11.4. The van der Waals surface area contributed by atoms with Crippen molar-refractivity contribution in [3.63, 3.8) is 0 Å². The van der Waals surface area contributed by atoms with Crippen LogP contribution in [0.1, 0.15) is 66.4 Å². The molecule has 0 saturated carbocycles. The fourth-order valence-electron chi connectivity index (χ4n) is 6.51. The van der Waals surface area contributed by atoms with Gasteiger partial charge in [0.15, 0.2) is 11.0 Å². The second kappa shape index (κ2) is 15.8. The number of hydrogen-bond donors (Lipinski definition) is 0. The van der Waals surface area contributed by atoms with Crippen molar-refractivity contribution in [2.45, 2.75) is 73.9 Å². The molecule has 5 aromatic carbocycles. The third-order valence-electron chi connectivity index (χ3n) is 9.40. The monoisotopic (exact) mass is 653 g/mol. The zero-order valence-corrected chi connectivity index (χ0v) is 30.3. The highest BCUT2D eigenvalue weighted by Gasteiger charge is 2.24. The van der Waals surface area contributed by atoms with Gasteiger partial charge >= 0.3 is 0 Å². The lowest BCUT2D eigenvalue weighted by atomic mass is 9.93. The van der Waals surface area contributed by atoms with Gasteiger partial charge in [0.1, 0.15) is 18.0 Å². The Hall–Kier alpha value is -4.57. The predicted molar refractivity (Wildman–Crippen MR) is 205 cm³/mol. The van der Waals surface area contributed by atoms with Gasteiger partial charge in [-0.3, -0.25) is 0 Å². The lowest BCUT2D eigenvalue weighted by Crippen LogP contribution is -2.33. The second-order valence-corrected chi connectivity index (χ2v) is 14.7. The van der Waals surface area contributed by atoms with Crippen molar-refractivity contribution in [3.8, 4) is 33.8 Å². The van der Waals surface area contributed by atoms with Gasteiger partial charge in [-0.1, -0.05) is 126 Å². The van der Waals surface area contributed by atoms with Crippen LogP contribution < -0.4 is 14.0 Å². The van der Waals surface area contributed by atoms with Crippen LogP contribution in [0.25, 0.3) is 44.1 Å². The molecule has 0 N–H and O–H groups in total. The van der Waals surface area contributed by atoms with E-state index in [1.165, 1.54) is 33.3 Å². The van der Waals surface area contributed by atoms with Gasteiger partial charge in [0, 0.05) is 16.3 Å². The molecule has 0 aliphatic rings. The zero-order valence-electron chi connectivity index (χ0n) is 30.3. The number of ether oxygens (including phenoxy) is 2. The number of nitrogens with zero attached hydrogens (tertiary/aromatic N) is 2. The summed E-state index contributed by atoms with van der Waals surface area (Å²) in [6, 6.07) is 37.2. The molecule has 1 aromatic heterocycles. The topological polar surface area (TPSA) is 27.3 Å². The van der Waals surface area contributed by atoms with E-state index in [2.05, 4.69) is 160 Å². The van der Waals surface area contributed by atoms with Crippen molar-refractivity contribution < 1.29 is 14.0 Å². The van der Waals surface area contributed by atoms with Crippen LogP contribution in [0.2, 0.25) is 0 Å². The standard InChI is InChI=1S/C45H53N2O2/c1-32(2)21-24-46-31-47(43-29-41(36-17-11-8-12-18-36)40(28-42(43)46)35-15-9-7-10-16-35)30-37-27-44(48-25-22-33(3)4)38-19-13-14-20-39(38)45(37)49-26-23-34(5)6/h7-20,27-29,31-34H,21-26,30H2,1-6H3/q+1. The number of fused-ring (bicyclic) bond motifs is 2. The summed E-state index contributed by atoms with van der Waals surface area (Å²) < 4.78 is 18.1. The first kappa shape index (κ1) is 34.3. The Kier molecular flexibility index (Phi) is 11.0. The lowest BCUT2D eigenvalue weighted by Gasteiger charge is -2.18. The average Bonchev–Trinajstić information content (AvgIpc) is 3.44. The van der Waals surface area contributed by atoms with Crippen LogP contribution in [0.3, 0.4) is 0 Å². The summed E-state index contributed by atoms with van der Waals surface area (Å²) in [7, 11) is 0. The highest BCUT2D eigenvalue weighted by molar-refractivity contribution is 5.95. The summed E-state index contributed by atoms with van der Waals surface area (Å²) in [4.78, 5) is 0. The number of imidazole rings is 1. The molecular formula is C45H53N2O2+. The molecule has 0 aliphatic heterocycles. The minimum absolute atomic E-state index is 0.567. The van der Waals surface area contributed by atoms with Gasteiger partial charge in [-0.25, -0.2) is 9.13 Å². The molecule has 0 fully saturated rings. The van der Waals surface area contributed by atoms with E-state index in [1.807, 2.05) is 0 Å². The fraction of sp³-hybridized carbons (Fsp3) is 0.356. The quantitative estimate of drug-likeness (QED) is 0.103. The van der Waals surface area contributed by atoms with E-state index in [4.69, 9.17) is 9.47 Å². The normalized spacial score (nSPS) is 11.8. The maximum absolute atomic E-state index is 6.72. The summed E-state index contributed by atoms with van der Waals surface area (Å²) >= 11 is 0. The molecule has 4 heteroatoms. The van der Waals surface area contributed by atoms with Crippen molar-refractivity contribution in [2.75, 3.05) is 13.2 Å². The van der Waals surface area contributed by atoms with Gasteiger partial charge in [-0.2, -0.15) is 0 Å². The molecule has 0 aliphatic carbocycles. The number of benzene rings is 5. The first-order valence-corrected chi connectivity index (χ1v) is 18.3. The molecule has 0 amide bonds. The molecule has 49 heavy (non-hydrogen) atoms.